The number of hydrogen-bond donors (Lipinski definition) is 2. The Morgan fingerprint density at radius 3 is 2.38 bits per heavy atom. The molecular weight excluding hydrogens is 451 g/mol. The van der Waals surface area contributed by atoms with Crippen molar-refractivity contribution in [2.75, 3.05) is 0 Å². The zero-order valence-electron chi connectivity index (χ0n) is 16.4. The average molecular weight is 475 g/mol. The largest absolute Gasteiger partial charge is 0.351 e. The van der Waals surface area contributed by atoms with Gasteiger partial charge < -0.3 is 5.32 Å². The average Bonchev–Trinajstić information content (AvgIpc) is 2.62. The molecular formula is C20H24Cl2N2O3S2. The lowest BCUT2D eigenvalue weighted by molar-refractivity contribution is -0.120. The summed E-state index contributed by atoms with van der Waals surface area (Å²) < 4.78 is 27.1. The Morgan fingerprint density at radius 1 is 1.07 bits per heavy atom. The van der Waals surface area contributed by atoms with E-state index in [9.17, 15) is 13.2 Å². The summed E-state index contributed by atoms with van der Waals surface area (Å²) >= 11 is 13.5. The summed E-state index contributed by atoms with van der Waals surface area (Å²) in [6.45, 7) is 5.56. The van der Waals surface area contributed by atoms with E-state index in [1.807, 2.05) is 12.1 Å². The molecule has 1 amide bonds. The zero-order chi connectivity index (χ0) is 21.6. The standard InChI is InChI=1S/C20H24Cl2N2O3S2/c1-13(2)24-29(26,27)12-16-7-5-4-6-15(16)11-23-20(25)14(3)28-19-10-17(21)8-9-18(19)22/h4-10,13-14,24H,11-12H2,1-3H3,(H,23,25). The number of nitrogens with one attached hydrogen (secondary N) is 2. The van der Waals surface area contributed by atoms with Gasteiger partial charge in [0.05, 0.1) is 16.0 Å². The fraction of sp³-hybridized carbons (Fsp3) is 0.350. The smallest absolute Gasteiger partial charge is 0.233 e. The van der Waals surface area contributed by atoms with Crippen LogP contribution in [-0.4, -0.2) is 25.6 Å². The molecule has 2 N–H and O–H groups in total. The van der Waals surface area contributed by atoms with Gasteiger partial charge in [-0.1, -0.05) is 47.5 Å². The monoisotopic (exact) mass is 474 g/mol. The topological polar surface area (TPSA) is 75.3 Å². The predicted molar refractivity (Wildman–Crippen MR) is 121 cm³/mol. The third-order valence-corrected chi connectivity index (χ3v) is 7.26. The Hall–Kier alpha value is -1.25. The predicted octanol–water partition coefficient (Wildman–Crippen LogP) is 4.62. The van der Waals surface area contributed by atoms with Gasteiger partial charge in [-0.3, -0.25) is 4.79 Å². The van der Waals surface area contributed by atoms with Gasteiger partial charge in [0.2, 0.25) is 15.9 Å². The van der Waals surface area contributed by atoms with E-state index in [-0.39, 0.29) is 24.2 Å². The van der Waals surface area contributed by atoms with Gasteiger partial charge in [-0.2, -0.15) is 0 Å². The minimum Gasteiger partial charge on any atom is -0.351 e. The van der Waals surface area contributed by atoms with Crippen LogP contribution in [0.1, 0.15) is 31.9 Å². The summed E-state index contributed by atoms with van der Waals surface area (Å²) in [6.07, 6.45) is 0. The summed E-state index contributed by atoms with van der Waals surface area (Å²) in [4.78, 5) is 13.3. The Labute approximate surface area is 186 Å². The highest BCUT2D eigenvalue weighted by Gasteiger charge is 2.18. The molecule has 2 aromatic carbocycles. The van der Waals surface area contributed by atoms with Crippen LogP contribution in [0, 0.1) is 0 Å². The number of halogens is 2. The molecule has 158 valence electrons. The summed E-state index contributed by atoms with van der Waals surface area (Å²) in [5.74, 6) is -0.316. The molecule has 0 fully saturated rings. The lowest BCUT2D eigenvalue weighted by Gasteiger charge is -2.15. The molecule has 0 saturated carbocycles. The molecule has 1 atom stereocenters. The molecule has 2 aromatic rings. The second-order valence-corrected chi connectivity index (χ2v) is 10.8. The fourth-order valence-corrected chi connectivity index (χ4v) is 5.54. The number of carbonyl (C=O) groups is 1. The molecule has 2 rings (SSSR count). The van der Waals surface area contributed by atoms with Gasteiger partial charge in [-0.15, -0.1) is 11.8 Å². The lowest BCUT2D eigenvalue weighted by Crippen LogP contribution is -2.32. The third-order valence-electron chi connectivity index (χ3n) is 3.90. The zero-order valence-corrected chi connectivity index (χ0v) is 19.6. The van der Waals surface area contributed by atoms with E-state index in [2.05, 4.69) is 10.0 Å². The van der Waals surface area contributed by atoms with Crippen LogP contribution in [0.5, 0.6) is 0 Å². The number of sulfonamides is 1. The highest BCUT2D eigenvalue weighted by Crippen LogP contribution is 2.32. The van der Waals surface area contributed by atoms with E-state index in [4.69, 9.17) is 23.2 Å². The number of thioether (sulfide) groups is 1. The van der Waals surface area contributed by atoms with Crippen LogP contribution in [-0.2, 0) is 27.1 Å². The Balaban J connectivity index is 2.02. The van der Waals surface area contributed by atoms with Gasteiger partial charge in [0, 0.05) is 22.5 Å². The lowest BCUT2D eigenvalue weighted by atomic mass is 10.1. The van der Waals surface area contributed by atoms with Crippen molar-refractivity contribution in [1.29, 1.82) is 0 Å². The summed E-state index contributed by atoms with van der Waals surface area (Å²) in [7, 11) is -3.45. The number of amides is 1. The quantitative estimate of drug-likeness (QED) is 0.519. The van der Waals surface area contributed by atoms with Gasteiger partial charge >= 0.3 is 0 Å². The normalized spacial score (nSPS) is 12.8. The number of benzene rings is 2. The van der Waals surface area contributed by atoms with Crippen molar-refractivity contribution in [3.8, 4) is 0 Å². The molecule has 9 heteroatoms. The first kappa shape index (κ1) is 24.0. The molecule has 0 bridgehead atoms. The molecule has 0 aliphatic carbocycles. The minimum atomic E-state index is -3.45. The Morgan fingerprint density at radius 2 is 1.72 bits per heavy atom. The molecule has 1 unspecified atom stereocenters. The first-order valence-electron chi connectivity index (χ1n) is 9.03. The maximum absolute atomic E-state index is 12.5. The Kier molecular flexibility index (Phi) is 8.85. The first-order chi connectivity index (χ1) is 13.6. The van der Waals surface area contributed by atoms with Crippen molar-refractivity contribution in [3.05, 3.63) is 63.6 Å². The molecule has 0 radical (unpaired) electrons. The maximum atomic E-state index is 12.5. The van der Waals surface area contributed by atoms with E-state index in [0.29, 0.717) is 15.6 Å². The van der Waals surface area contributed by atoms with Crippen LogP contribution in [0.3, 0.4) is 0 Å². The van der Waals surface area contributed by atoms with E-state index in [0.717, 1.165) is 10.5 Å². The third kappa shape index (κ3) is 7.83. The molecule has 0 aliphatic heterocycles. The first-order valence-corrected chi connectivity index (χ1v) is 12.3. The van der Waals surface area contributed by atoms with Gasteiger partial charge in [0.25, 0.3) is 0 Å². The fourth-order valence-electron chi connectivity index (χ4n) is 2.61. The van der Waals surface area contributed by atoms with Gasteiger partial charge in [0.1, 0.15) is 0 Å². The summed E-state index contributed by atoms with van der Waals surface area (Å²) in [5.41, 5.74) is 1.41. The van der Waals surface area contributed by atoms with Crippen LogP contribution in [0.15, 0.2) is 47.4 Å². The van der Waals surface area contributed by atoms with Crippen molar-refractivity contribution in [1.82, 2.24) is 10.0 Å². The van der Waals surface area contributed by atoms with Crippen molar-refractivity contribution < 1.29 is 13.2 Å². The second kappa shape index (κ2) is 10.7. The van der Waals surface area contributed by atoms with E-state index < -0.39 is 15.3 Å². The second-order valence-electron chi connectivity index (χ2n) is 6.85. The maximum Gasteiger partial charge on any atom is 0.233 e. The van der Waals surface area contributed by atoms with Gasteiger partial charge in [-0.25, -0.2) is 13.1 Å². The molecule has 0 spiro atoms. The van der Waals surface area contributed by atoms with E-state index in [1.54, 1.807) is 51.1 Å². The molecule has 0 heterocycles. The van der Waals surface area contributed by atoms with Crippen LogP contribution >= 0.6 is 35.0 Å². The van der Waals surface area contributed by atoms with E-state index in [1.165, 1.54) is 11.8 Å². The van der Waals surface area contributed by atoms with Crippen LogP contribution < -0.4 is 10.0 Å². The van der Waals surface area contributed by atoms with Crippen molar-refractivity contribution in [2.24, 2.45) is 0 Å². The van der Waals surface area contributed by atoms with Crippen LogP contribution in [0.4, 0.5) is 0 Å². The number of rotatable bonds is 9. The Bertz CT molecular complexity index is 966. The highest BCUT2D eigenvalue weighted by molar-refractivity contribution is 8.00. The molecule has 0 aromatic heterocycles. The van der Waals surface area contributed by atoms with Crippen molar-refractivity contribution in [3.63, 3.8) is 0 Å². The van der Waals surface area contributed by atoms with Gasteiger partial charge in [0.15, 0.2) is 0 Å². The minimum absolute atomic E-state index is 0.139. The highest BCUT2D eigenvalue weighted by atomic mass is 35.5. The van der Waals surface area contributed by atoms with Crippen molar-refractivity contribution >= 4 is 50.9 Å². The molecule has 0 aliphatic rings. The van der Waals surface area contributed by atoms with Gasteiger partial charge in [-0.05, 0) is 50.1 Å². The SMILES string of the molecule is CC(C)NS(=O)(=O)Cc1ccccc1CNC(=O)C(C)Sc1cc(Cl)ccc1Cl. The molecule has 5 nitrogen and oxygen atoms in total. The van der Waals surface area contributed by atoms with E-state index >= 15 is 0 Å². The van der Waals surface area contributed by atoms with Crippen LogP contribution in [0.2, 0.25) is 10.0 Å². The van der Waals surface area contributed by atoms with Crippen molar-refractivity contribution in [2.45, 2.75) is 49.3 Å². The number of carbonyl (C=O) groups excluding carboxylic acids is 1. The summed E-state index contributed by atoms with van der Waals surface area (Å²) in [5, 5.41) is 3.56. The molecule has 29 heavy (non-hydrogen) atoms. The van der Waals surface area contributed by atoms with Crippen LogP contribution in [0.25, 0.3) is 0 Å². The summed E-state index contributed by atoms with van der Waals surface area (Å²) in [6, 6.07) is 12.1. The molecule has 0 saturated heterocycles. The number of hydrogen-bond acceptors (Lipinski definition) is 4.